The maximum atomic E-state index is 11.9. The van der Waals surface area contributed by atoms with E-state index in [0.29, 0.717) is 10.8 Å². The summed E-state index contributed by atoms with van der Waals surface area (Å²) in [5.41, 5.74) is 0.418. The summed E-state index contributed by atoms with van der Waals surface area (Å²) in [5.74, 6) is 0.202. The Kier molecular flexibility index (Phi) is 4.81. The van der Waals surface area contributed by atoms with Crippen molar-refractivity contribution in [1.82, 2.24) is 0 Å². The fourth-order valence-corrected chi connectivity index (χ4v) is 2.16. The lowest BCUT2D eigenvalue weighted by atomic mass is 10.0. The van der Waals surface area contributed by atoms with Gasteiger partial charge in [-0.05, 0) is 31.0 Å². The van der Waals surface area contributed by atoms with Crippen molar-refractivity contribution in [2.75, 3.05) is 0 Å². The van der Waals surface area contributed by atoms with E-state index in [-0.39, 0.29) is 36.4 Å². The molecule has 110 valence electrons. The Balaban J connectivity index is 1.98. The van der Waals surface area contributed by atoms with Crippen LogP contribution in [0.1, 0.15) is 23.3 Å². The first-order chi connectivity index (χ1) is 9.95. The Labute approximate surface area is 127 Å². The van der Waals surface area contributed by atoms with Crippen molar-refractivity contribution in [3.63, 3.8) is 0 Å². The zero-order valence-corrected chi connectivity index (χ0v) is 12.3. The van der Waals surface area contributed by atoms with Gasteiger partial charge in [0.1, 0.15) is 17.3 Å². The van der Waals surface area contributed by atoms with Gasteiger partial charge in [-0.2, -0.15) is 0 Å². The van der Waals surface area contributed by atoms with Crippen molar-refractivity contribution >= 4 is 17.4 Å². The number of hydrogen-bond acceptors (Lipinski definition) is 4. The number of carbonyl (C=O) groups excluding carboxylic acids is 1. The molecule has 1 aromatic heterocycles. The molecule has 0 unspecified atom stereocenters. The third-order valence-electron chi connectivity index (χ3n) is 3.12. The van der Waals surface area contributed by atoms with Crippen molar-refractivity contribution in [2.24, 2.45) is 0 Å². The molecule has 1 heterocycles. The quantitative estimate of drug-likeness (QED) is 0.922. The van der Waals surface area contributed by atoms with Gasteiger partial charge in [-0.3, -0.25) is 4.79 Å². The van der Waals surface area contributed by atoms with E-state index in [9.17, 15) is 14.7 Å². The van der Waals surface area contributed by atoms with Crippen molar-refractivity contribution < 1.29 is 14.3 Å². The van der Waals surface area contributed by atoms with E-state index in [2.05, 4.69) is 0 Å². The number of Topliss-reactive ketones (excluding diaryl/α,β-unsaturated/α-hetero) is 1. The van der Waals surface area contributed by atoms with Crippen LogP contribution in [0.15, 0.2) is 39.5 Å². The van der Waals surface area contributed by atoms with Gasteiger partial charge in [0.05, 0.1) is 5.56 Å². The van der Waals surface area contributed by atoms with Crippen LogP contribution in [-0.4, -0.2) is 10.9 Å². The topological polar surface area (TPSA) is 67.5 Å². The molecular formula is C16H15ClO4. The number of benzene rings is 1. The van der Waals surface area contributed by atoms with Crippen LogP contribution in [0.3, 0.4) is 0 Å². The Morgan fingerprint density at radius 1 is 1.29 bits per heavy atom. The summed E-state index contributed by atoms with van der Waals surface area (Å²) >= 11 is 5.78. The Hall–Kier alpha value is -2.07. The Morgan fingerprint density at radius 2 is 1.95 bits per heavy atom. The largest absolute Gasteiger partial charge is 0.507 e. The fraction of sp³-hybridized carbons (Fsp3) is 0.250. The van der Waals surface area contributed by atoms with Crippen LogP contribution in [0, 0.1) is 6.92 Å². The number of ketones is 1. The third kappa shape index (κ3) is 4.20. The second kappa shape index (κ2) is 6.59. The summed E-state index contributed by atoms with van der Waals surface area (Å²) in [5, 5.41) is 10.3. The van der Waals surface area contributed by atoms with Gasteiger partial charge in [0.25, 0.3) is 0 Å². The van der Waals surface area contributed by atoms with E-state index >= 15 is 0 Å². The molecule has 0 radical (unpaired) electrons. The first-order valence-electron chi connectivity index (χ1n) is 6.54. The maximum Gasteiger partial charge on any atom is 0.342 e. The molecule has 2 aromatic rings. The summed E-state index contributed by atoms with van der Waals surface area (Å²) in [7, 11) is 0. The second-order valence-corrected chi connectivity index (χ2v) is 5.29. The van der Waals surface area contributed by atoms with Gasteiger partial charge in [-0.15, -0.1) is 0 Å². The first kappa shape index (κ1) is 15.3. The molecule has 5 heteroatoms. The monoisotopic (exact) mass is 306 g/mol. The average Bonchev–Trinajstić information content (AvgIpc) is 2.40. The Bertz CT molecular complexity index is 701. The molecule has 0 aliphatic rings. The number of hydrogen-bond donors (Lipinski definition) is 1. The third-order valence-corrected chi connectivity index (χ3v) is 3.37. The molecule has 2 rings (SSSR count). The molecule has 1 N–H and O–H groups in total. The Morgan fingerprint density at radius 3 is 2.57 bits per heavy atom. The molecule has 1 aromatic carbocycles. The zero-order chi connectivity index (χ0) is 15.4. The SMILES string of the molecule is Cc1cc(O)c(CCC(=O)Cc2ccc(Cl)cc2)c(=O)o1. The molecular weight excluding hydrogens is 292 g/mol. The molecule has 0 bridgehead atoms. The zero-order valence-electron chi connectivity index (χ0n) is 11.6. The summed E-state index contributed by atoms with van der Waals surface area (Å²) in [6, 6.07) is 8.41. The van der Waals surface area contributed by atoms with E-state index in [1.807, 2.05) is 0 Å². The van der Waals surface area contributed by atoms with Crippen LogP contribution in [0.5, 0.6) is 5.75 Å². The van der Waals surface area contributed by atoms with E-state index in [0.717, 1.165) is 5.56 Å². The molecule has 21 heavy (non-hydrogen) atoms. The van der Waals surface area contributed by atoms with Crippen molar-refractivity contribution in [1.29, 1.82) is 0 Å². The van der Waals surface area contributed by atoms with Crippen LogP contribution in [-0.2, 0) is 17.6 Å². The maximum absolute atomic E-state index is 11.9. The lowest BCUT2D eigenvalue weighted by Crippen LogP contribution is -2.11. The molecule has 0 aliphatic carbocycles. The second-order valence-electron chi connectivity index (χ2n) is 4.85. The molecule has 0 saturated carbocycles. The van der Waals surface area contributed by atoms with Gasteiger partial charge in [-0.25, -0.2) is 4.79 Å². The highest BCUT2D eigenvalue weighted by Gasteiger charge is 2.12. The lowest BCUT2D eigenvalue weighted by Gasteiger charge is -2.04. The van der Waals surface area contributed by atoms with E-state index < -0.39 is 5.63 Å². The van der Waals surface area contributed by atoms with Crippen molar-refractivity contribution in [2.45, 2.75) is 26.2 Å². The fourth-order valence-electron chi connectivity index (χ4n) is 2.03. The van der Waals surface area contributed by atoms with Crippen LogP contribution >= 0.6 is 11.6 Å². The van der Waals surface area contributed by atoms with Crippen LogP contribution in [0.4, 0.5) is 0 Å². The summed E-state index contributed by atoms with van der Waals surface area (Å²) in [4.78, 5) is 23.5. The number of aromatic hydroxyl groups is 1. The number of carbonyl (C=O) groups is 1. The molecule has 0 saturated heterocycles. The van der Waals surface area contributed by atoms with E-state index in [1.54, 1.807) is 31.2 Å². The molecule has 0 aliphatic heterocycles. The van der Waals surface area contributed by atoms with Gasteiger partial charge < -0.3 is 9.52 Å². The van der Waals surface area contributed by atoms with Gasteiger partial charge in [0, 0.05) is 23.9 Å². The number of aryl methyl sites for hydroxylation is 1. The van der Waals surface area contributed by atoms with Crippen LogP contribution in [0.25, 0.3) is 0 Å². The highest BCUT2D eigenvalue weighted by molar-refractivity contribution is 6.30. The van der Waals surface area contributed by atoms with E-state index in [1.165, 1.54) is 6.07 Å². The minimum absolute atomic E-state index is 0.0169. The molecule has 0 amide bonds. The smallest absolute Gasteiger partial charge is 0.342 e. The highest BCUT2D eigenvalue weighted by Crippen LogP contribution is 2.17. The van der Waals surface area contributed by atoms with Crippen molar-refractivity contribution in [3.05, 3.63) is 62.7 Å². The highest BCUT2D eigenvalue weighted by atomic mass is 35.5. The van der Waals surface area contributed by atoms with Crippen LogP contribution < -0.4 is 5.63 Å². The van der Waals surface area contributed by atoms with Crippen LogP contribution in [0.2, 0.25) is 5.02 Å². The van der Waals surface area contributed by atoms with Gasteiger partial charge in [0.2, 0.25) is 0 Å². The van der Waals surface area contributed by atoms with E-state index in [4.69, 9.17) is 16.0 Å². The first-order valence-corrected chi connectivity index (χ1v) is 6.92. The molecule has 0 spiro atoms. The normalized spacial score (nSPS) is 10.6. The summed E-state index contributed by atoms with van der Waals surface area (Å²) in [6.07, 6.45) is 0.611. The molecule has 0 atom stereocenters. The van der Waals surface area contributed by atoms with Gasteiger partial charge in [0.15, 0.2) is 0 Å². The number of halogens is 1. The van der Waals surface area contributed by atoms with Gasteiger partial charge in [-0.1, -0.05) is 23.7 Å². The van der Waals surface area contributed by atoms with Gasteiger partial charge >= 0.3 is 5.63 Å². The minimum atomic E-state index is -0.591. The predicted octanol–water partition coefficient (Wildman–Crippen LogP) is 3.05. The predicted molar refractivity (Wildman–Crippen MR) is 79.9 cm³/mol. The lowest BCUT2D eigenvalue weighted by molar-refractivity contribution is -0.118. The average molecular weight is 307 g/mol. The standard InChI is InChI=1S/C16H15ClO4/c1-10-8-15(19)14(16(20)21-10)7-6-13(18)9-11-2-4-12(17)5-3-11/h2-5,8,19H,6-7,9H2,1H3. The minimum Gasteiger partial charge on any atom is -0.507 e. The summed E-state index contributed by atoms with van der Waals surface area (Å²) < 4.78 is 4.91. The molecule has 4 nitrogen and oxygen atoms in total. The number of rotatable bonds is 5. The summed E-state index contributed by atoms with van der Waals surface area (Å²) in [6.45, 7) is 1.58. The molecule has 0 fully saturated rings. The van der Waals surface area contributed by atoms with Crippen molar-refractivity contribution in [3.8, 4) is 5.75 Å².